The Morgan fingerprint density at radius 3 is 2.21 bits per heavy atom. The topological polar surface area (TPSA) is 94.1 Å². The molecule has 48 heavy (non-hydrogen) atoms. The lowest BCUT2D eigenvalue weighted by Crippen LogP contribution is -2.57. The zero-order valence-corrected chi connectivity index (χ0v) is 25.6. The number of ether oxygens (including phenoxy) is 3. The maximum absolute atomic E-state index is 13.7. The van der Waals surface area contributed by atoms with Gasteiger partial charge < -0.3 is 19.1 Å². The van der Waals surface area contributed by atoms with Crippen molar-refractivity contribution >= 4 is 18.0 Å². The van der Waals surface area contributed by atoms with Crippen molar-refractivity contribution in [1.82, 2.24) is 14.9 Å². The average Bonchev–Trinajstić information content (AvgIpc) is 3.29. The third-order valence-corrected chi connectivity index (χ3v) is 8.03. The molecule has 2 aliphatic heterocycles. The number of carbonyl (C=O) groups is 2. The van der Waals surface area contributed by atoms with Gasteiger partial charge in [-0.1, -0.05) is 6.07 Å². The molecule has 3 heterocycles. The first kappa shape index (κ1) is 34.6. The van der Waals surface area contributed by atoms with Crippen molar-refractivity contribution in [2.45, 2.75) is 56.7 Å². The van der Waals surface area contributed by atoms with Crippen LogP contribution in [0.4, 0.5) is 45.9 Å². The van der Waals surface area contributed by atoms with Crippen LogP contribution in [0.2, 0.25) is 0 Å². The second kappa shape index (κ2) is 12.7. The maximum Gasteiger partial charge on any atom is 0.416 e. The third-order valence-electron chi connectivity index (χ3n) is 8.03. The predicted molar refractivity (Wildman–Crippen MR) is 152 cm³/mol. The molecule has 9 nitrogen and oxygen atoms in total. The Morgan fingerprint density at radius 2 is 1.65 bits per heavy atom. The minimum Gasteiger partial charge on any atom is -0.496 e. The number of methoxy groups -OCH3 is 2. The van der Waals surface area contributed by atoms with Crippen molar-refractivity contribution in [3.05, 3.63) is 70.5 Å². The summed E-state index contributed by atoms with van der Waals surface area (Å²) in [6.07, 6.45) is -11.2. The Morgan fingerprint density at radius 1 is 1.00 bits per heavy atom. The van der Waals surface area contributed by atoms with E-state index in [4.69, 9.17) is 14.2 Å². The van der Waals surface area contributed by atoms with E-state index in [0.717, 1.165) is 4.90 Å². The van der Waals surface area contributed by atoms with E-state index in [9.17, 15) is 44.7 Å². The molecule has 2 saturated heterocycles. The Bertz CT molecular complexity index is 1670. The second-order valence-electron chi connectivity index (χ2n) is 11.4. The summed E-state index contributed by atoms with van der Waals surface area (Å²) in [5, 5.41) is 0. The first-order valence-corrected chi connectivity index (χ1v) is 14.4. The number of amides is 1. The molecule has 2 atom stereocenters. The SMILES string of the molecule is COC(=O)CCc1ccc(OC)c(-c2cnc(N3CC(F)(F)C3)nc2CN2C(=O)O[C@H](c3cc(C(F)(F)F)cc(C(F)(F)F)c3)[C@@H]2C)c1. The quantitative estimate of drug-likeness (QED) is 0.179. The van der Waals surface area contributed by atoms with E-state index < -0.39 is 78.8 Å². The van der Waals surface area contributed by atoms with Gasteiger partial charge in [-0.3, -0.25) is 9.69 Å². The molecule has 0 saturated carbocycles. The first-order chi connectivity index (χ1) is 22.4. The van der Waals surface area contributed by atoms with Crippen LogP contribution >= 0.6 is 0 Å². The summed E-state index contributed by atoms with van der Waals surface area (Å²) in [5.74, 6) is -3.19. The molecule has 0 radical (unpaired) electrons. The van der Waals surface area contributed by atoms with Crippen LogP contribution in [0.15, 0.2) is 42.6 Å². The van der Waals surface area contributed by atoms with Gasteiger partial charge >= 0.3 is 24.4 Å². The Kier molecular flexibility index (Phi) is 9.18. The number of hydrogen-bond acceptors (Lipinski definition) is 8. The fourth-order valence-electron chi connectivity index (χ4n) is 5.49. The minimum atomic E-state index is -5.12. The van der Waals surface area contributed by atoms with Gasteiger partial charge in [0.05, 0.1) is 56.7 Å². The number of alkyl halides is 8. The van der Waals surface area contributed by atoms with Crippen molar-refractivity contribution in [2.75, 3.05) is 32.2 Å². The van der Waals surface area contributed by atoms with Crippen LogP contribution in [0, 0.1) is 0 Å². The molecule has 2 fully saturated rings. The molecule has 2 aliphatic rings. The summed E-state index contributed by atoms with van der Waals surface area (Å²) < 4.78 is 124. The third kappa shape index (κ3) is 7.23. The van der Waals surface area contributed by atoms with Gasteiger partial charge in [0.2, 0.25) is 5.95 Å². The number of aryl methyl sites for hydroxylation is 1. The van der Waals surface area contributed by atoms with Gasteiger partial charge in [0.15, 0.2) is 0 Å². The van der Waals surface area contributed by atoms with Crippen LogP contribution in [-0.2, 0) is 39.6 Å². The van der Waals surface area contributed by atoms with Gasteiger partial charge in [0.25, 0.3) is 5.92 Å². The van der Waals surface area contributed by atoms with Crippen molar-refractivity contribution < 1.29 is 58.9 Å². The van der Waals surface area contributed by atoms with Gasteiger partial charge in [-0.05, 0) is 54.8 Å². The molecule has 258 valence electrons. The molecule has 17 heteroatoms. The number of halogens is 8. The summed E-state index contributed by atoms with van der Waals surface area (Å²) in [5.41, 5.74) is -2.20. The molecule has 1 amide bonds. The van der Waals surface area contributed by atoms with E-state index in [-0.39, 0.29) is 36.1 Å². The van der Waals surface area contributed by atoms with Crippen LogP contribution in [0.25, 0.3) is 11.1 Å². The zero-order chi connectivity index (χ0) is 35.2. The van der Waals surface area contributed by atoms with E-state index in [1.54, 1.807) is 18.2 Å². The number of nitrogens with zero attached hydrogens (tertiary/aromatic N) is 4. The number of cyclic esters (lactones) is 1. The van der Waals surface area contributed by atoms with E-state index >= 15 is 0 Å². The summed E-state index contributed by atoms with van der Waals surface area (Å²) >= 11 is 0. The van der Waals surface area contributed by atoms with E-state index in [0.29, 0.717) is 29.0 Å². The van der Waals surface area contributed by atoms with Gasteiger partial charge in [-0.2, -0.15) is 26.3 Å². The lowest BCUT2D eigenvalue weighted by atomic mass is 9.97. The number of rotatable bonds is 9. The molecular weight excluding hydrogens is 660 g/mol. The van der Waals surface area contributed by atoms with Crippen molar-refractivity contribution in [2.24, 2.45) is 0 Å². The van der Waals surface area contributed by atoms with Gasteiger partial charge in [-0.15, -0.1) is 0 Å². The van der Waals surface area contributed by atoms with Crippen molar-refractivity contribution in [3.63, 3.8) is 0 Å². The normalized spacial score (nSPS) is 19.2. The molecule has 1 aromatic heterocycles. The summed E-state index contributed by atoms with van der Waals surface area (Å²) in [4.78, 5) is 35.8. The molecule has 0 spiro atoms. The largest absolute Gasteiger partial charge is 0.496 e. The van der Waals surface area contributed by atoms with Gasteiger partial charge in [0, 0.05) is 23.7 Å². The lowest BCUT2D eigenvalue weighted by Gasteiger charge is -2.38. The number of aromatic nitrogens is 2. The number of hydrogen-bond donors (Lipinski definition) is 0. The molecule has 3 aromatic rings. The highest BCUT2D eigenvalue weighted by Gasteiger charge is 2.46. The molecule has 0 N–H and O–H groups in total. The van der Waals surface area contributed by atoms with Crippen LogP contribution in [0.5, 0.6) is 5.75 Å². The van der Waals surface area contributed by atoms with Crippen LogP contribution in [0.3, 0.4) is 0 Å². The molecule has 0 unspecified atom stereocenters. The lowest BCUT2D eigenvalue weighted by molar-refractivity contribution is -0.143. The van der Waals surface area contributed by atoms with Crippen molar-refractivity contribution in [1.29, 1.82) is 0 Å². The molecule has 5 rings (SSSR count). The van der Waals surface area contributed by atoms with Crippen molar-refractivity contribution in [3.8, 4) is 16.9 Å². The monoisotopic (exact) mass is 688 g/mol. The maximum atomic E-state index is 13.7. The Balaban J connectivity index is 1.53. The Hall–Kier alpha value is -4.70. The van der Waals surface area contributed by atoms with Crippen LogP contribution in [-0.4, -0.2) is 66.2 Å². The van der Waals surface area contributed by atoms with E-state index in [1.165, 1.54) is 32.2 Å². The number of anilines is 1. The standard InChI is InChI=1S/C31H28F8N4O5/c1-16-26(18-9-19(30(34,35)36)11-20(10-18)31(37,38)39)48-28(45)43(16)13-23-22(12-40-27(41-23)42-14-29(32,33)15-42)21-8-17(4-6-24(21)46-2)5-7-25(44)47-3/h4,6,8-12,16,26H,5,7,13-15H2,1-3H3/t16-,26-/m0/s1. The number of carbonyl (C=O) groups excluding carboxylic acids is 2. The molecule has 0 aliphatic carbocycles. The minimum absolute atomic E-state index is 0.0244. The summed E-state index contributed by atoms with van der Waals surface area (Å²) in [6, 6.07) is 4.86. The highest BCUT2D eigenvalue weighted by atomic mass is 19.4. The first-order valence-electron chi connectivity index (χ1n) is 14.4. The van der Waals surface area contributed by atoms with E-state index in [1.807, 2.05) is 0 Å². The van der Waals surface area contributed by atoms with Gasteiger partial charge in [-0.25, -0.2) is 23.5 Å². The summed E-state index contributed by atoms with van der Waals surface area (Å²) in [6.45, 7) is -0.347. The fraction of sp³-hybridized carbons (Fsp3) is 0.419. The molecule has 0 bridgehead atoms. The fourth-order valence-corrected chi connectivity index (χ4v) is 5.49. The summed E-state index contributed by atoms with van der Waals surface area (Å²) in [7, 11) is 2.64. The number of benzene rings is 2. The molecule has 2 aromatic carbocycles. The number of esters is 1. The zero-order valence-electron chi connectivity index (χ0n) is 25.6. The molecular formula is C31H28F8N4O5. The predicted octanol–water partition coefficient (Wildman–Crippen LogP) is 6.83. The average molecular weight is 689 g/mol. The van der Waals surface area contributed by atoms with Gasteiger partial charge in [0.1, 0.15) is 11.9 Å². The smallest absolute Gasteiger partial charge is 0.416 e. The highest BCUT2D eigenvalue weighted by Crippen LogP contribution is 2.42. The van der Waals surface area contributed by atoms with E-state index in [2.05, 4.69) is 9.97 Å². The Labute approximate surface area is 268 Å². The second-order valence-corrected chi connectivity index (χ2v) is 11.4. The van der Waals surface area contributed by atoms with Crippen LogP contribution in [0.1, 0.15) is 47.4 Å². The van der Waals surface area contributed by atoms with Crippen LogP contribution < -0.4 is 9.64 Å². The highest BCUT2D eigenvalue weighted by molar-refractivity contribution is 5.75.